The van der Waals surface area contributed by atoms with Gasteiger partial charge in [0.25, 0.3) is 0 Å². The molecule has 0 spiro atoms. The van der Waals surface area contributed by atoms with E-state index in [-0.39, 0.29) is 5.78 Å². The number of hydrogen-bond donors (Lipinski definition) is 0. The van der Waals surface area contributed by atoms with Crippen molar-refractivity contribution in [3.05, 3.63) is 23.3 Å². The van der Waals surface area contributed by atoms with Crippen LogP contribution in [-0.2, 0) is 6.42 Å². The minimum absolute atomic E-state index is 0.0382. The van der Waals surface area contributed by atoms with Gasteiger partial charge in [0.05, 0.1) is 18.8 Å². The zero-order valence-electron chi connectivity index (χ0n) is 13.8. The maximum absolute atomic E-state index is 11.8. The summed E-state index contributed by atoms with van der Waals surface area (Å²) >= 11 is 0. The van der Waals surface area contributed by atoms with Gasteiger partial charge >= 0.3 is 0 Å². The molecular weight excluding hydrogens is 264 g/mol. The summed E-state index contributed by atoms with van der Waals surface area (Å²) < 4.78 is 11.6. The number of Topliss-reactive ketones (excluding diaryl/α,β-unsaturated/α-hetero) is 1. The lowest BCUT2D eigenvalue weighted by Crippen LogP contribution is -2.06. The van der Waals surface area contributed by atoms with Crippen molar-refractivity contribution in [1.82, 2.24) is 0 Å². The van der Waals surface area contributed by atoms with E-state index in [9.17, 15) is 4.79 Å². The fourth-order valence-corrected chi connectivity index (χ4v) is 2.06. The Kier molecular flexibility index (Phi) is 7.88. The molecule has 0 amide bonds. The second-order valence-electron chi connectivity index (χ2n) is 5.27. The van der Waals surface area contributed by atoms with Crippen LogP contribution in [0.2, 0.25) is 0 Å². The third-order valence-corrected chi connectivity index (χ3v) is 3.43. The molecule has 0 saturated heterocycles. The SMILES string of the molecule is CCCCOc1cc(OCCCC)c(C(C)=O)cc1CC. The first-order valence-corrected chi connectivity index (χ1v) is 8.07. The molecule has 0 atom stereocenters. The number of unbranched alkanes of at least 4 members (excludes halogenated alkanes) is 2. The van der Waals surface area contributed by atoms with Gasteiger partial charge in [0.1, 0.15) is 11.5 Å². The van der Waals surface area contributed by atoms with Crippen molar-refractivity contribution < 1.29 is 14.3 Å². The second kappa shape index (κ2) is 9.43. The van der Waals surface area contributed by atoms with Crippen LogP contribution >= 0.6 is 0 Å². The fourth-order valence-electron chi connectivity index (χ4n) is 2.06. The topological polar surface area (TPSA) is 35.5 Å². The van der Waals surface area contributed by atoms with E-state index < -0.39 is 0 Å². The van der Waals surface area contributed by atoms with Crippen molar-refractivity contribution in [2.45, 2.75) is 59.8 Å². The van der Waals surface area contributed by atoms with Gasteiger partial charge in [0.2, 0.25) is 0 Å². The van der Waals surface area contributed by atoms with Gasteiger partial charge in [-0.2, -0.15) is 0 Å². The van der Waals surface area contributed by atoms with E-state index in [2.05, 4.69) is 20.8 Å². The summed E-state index contributed by atoms with van der Waals surface area (Å²) in [7, 11) is 0. The van der Waals surface area contributed by atoms with Crippen LogP contribution in [0.25, 0.3) is 0 Å². The van der Waals surface area contributed by atoms with E-state index in [0.717, 1.165) is 43.4 Å². The van der Waals surface area contributed by atoms with E-state index >= 15 is 0 Å². The number of aryl methyl sites for hydroxylation is 1. The molecule has 0 heterocycles. The smallest absolute Gasteiger partial charge is 0.163 e. The highest BCUT2D eigenvalue weighted by Gasteiger charge is 2.14. The molecule has 0 bridgehead atoms. The summed E-state index contributed by atoms with van der Waals surface area (Å²) in [6.45, 7) is 9.26. The maximum atomic E-state index is 11.8. The number of rotatable bonds is 10. The standard InChI is InChI=1S/C18H28O3/c1-5-8-10-20-17-13-18(21-11-9-6-2)16(14(4)19)12-15(17)7-3/h12-13H,5-11H2,1-4H3. The van der Waals surface area contributed by atoms with E-state index in [1.807, 2.05) is 12.1 Å². The zero-order chi connectivity index (χ0) is 15.7. The molecular formula is C18H28O3. The van der Waals surface area contributed by atoms with Crippen LogP contribution in [0, 0.1) is 0 Å². The average Bonchev–Trinajstić information content (AvgIpc) is 2.47. The Morgan fingerprint density at radius 3 is 2.00 bits per heavy atom. The predicted octanol–water partition coefficient (Wildman–Crippen LogP) is 4.81. The van der Waals surface area contributed by atoms with Crippen LogP contribution in [0.15, 0.2) is 12.1 Å². The second-order valence-corrected chi connectivity index (χ2v) is 5.27. The molecule has 1 aromatic carbocycles. The lowest BCUT2D eigenvalue weighted by Gasteiger charge is -2.16. The Hall–Kier alpha value is -1.51. The Morgan fingerprint density at radius 2 is 1.52 bits per heavy atom. The van der Waals surface area contributed by atoms with Gasteiger partial charge in [-0.3, -0.25) is 4.79 Å². The molecule has 0 aromatic heterocycles. The summed E-state index contributed by atoms with van der Waals surface area (Å²) in [6, 6.07) is 3.81. The van der Waals surface area contributed by atoms with Crippen molar-refractivity contribution in [1.29, 1.82) is 0 Å². The van der Waals surface area contributed by atoms with Crippen LogP contribution < -0.4 is 9.47 Å². The minimum Gasteiger partial charge on any atom is -0.493 e. The molecule has 0 aliphatic rings. The third kappa shape index (κ3) is 5.41. The summed E-state index contributed by atoms with van der Waals surface area (Å²) in [4.78, 5) is 11.8. The van der Waals surface area contributed by atoms with Crippen molar-refractivity contribution in [2.75, 3.05) is 13.2 Å². The molecule has 1 aromatic rings. The van der Waals surface area contributed by atoms with Crippen LogP contribution in [0.5, 0.6) is 11.5 Å². The zero-order valence-corrected chi connectivity index (χ0v) is 13.8. The first kappa shape index (κ1) is 17.5. The van der Waals surface area contributed by atoms with E-state index in [0.29, 0.717) is 24.5 Å². The molecule has 0 aliphatic heterocycles. The molecule has 0 fully saturated rings. The van der Waals surface area contributed by atoms with Crippen molar-refractivity contribution in [3.63, 3.8) is 0 Å². The van der Waals surface area contributed by atoms with Gasteiger partial charge in [0.15, 0.2) is 5.78 Å². The van der Waals surface area contributed by atoms with E-state index in [4.69, 9.17) is 9.47 Å². The molecule has 0 saturated carbocycles. The minimum atomic E-state index is 0.0382. The largest absolute Gasteiger partial charge is 0.493 e. The van der Waals surface area contributed by atoms with Gasteiger partial charge in [-0.05, 0) is 37.8 Å². The average molecular weight is 292 g/mol. The van der Waals surface area contributed by atoms with Crippen LogP contribution in [0.4, 0.5) is 0 Å². The number of hydrogen-bond acceptors (Lipinski definition) is 3. The van der Waals surface area contributed by atoms with Gasteiger partial charge < -0.3 is 9.47 Å². The predicted molar refractivity (Wildman–Crippen MR) is 86.6 cm³/mol. The molecule has 21 heavy (non-hydrogen) atoms. The van der Waals surface area contributed by atoms with Crippen LogP contribution in [-0.4, -0.2) is 19.0 Å². The highest BCUT2D eigenvalue weighted by molar-refractivity contribution is 5.97. The van der Waals surface area contributed by atoms with Gasteiger partial charge in [0, 0.05) is 6.07 Å². The Morgan fingerprint density at radius 1 is 0.952 bits per heavy atom. The van der Waals surface area contributed by atoms with E-state index in [1.54, 1.807) is 6.92 Å². The Balaban J connectivity index is 3.00. The molecule has 118 valence electrons. The van der Waals surface area contributed by atoms with Crippen LogP contribution in [0.3, 0.4) is 0 Å². The van der Waals surface area contributed by atoms with Gasteiger partial charge in [-0.15, -0.1) is 0 Å². The summed E-state index contributed by atoms with van der Waals surface area (Å²) in [6.07, 6.45) is 5.04. The van der Waals surface area contributed by atoms with Crippen molar-refractivity contribution in [2.24, 2.45) is 0 Å². The van der Waals surface area contributed by atoms with Gasteiger partial charge in [-0.1, -0.05) is 33.6 Å². The Labute approximate surface area is 128 Å². The first-order valence-electron chi connectivity index (χ1n) is 8.07. The molecule has 0 unspecified atom stereocenters. The third-order valence-electron chi connectivity index (χ3n) is 3.43. The number of benzene rings is 1. The van der Waals surface area contributed by atoms with Crippen molar-refractivity contribution >= 4 is 5.78 Å². The number of carbonyl (C=O) groups is 1. The number of carbonyl (C=O) groups excluding carboxylic acids is 1. The van der Waals surface area contributed by atoms with Crippen molar-refractivity contribution in [3.8, 4) is 11.5 Å². The number of ketones is 1. The quantitative estimate of drug-likeness (QED) is 0.458. The lowest BCUT2D eigenvalue weighted by atomic mass is 10.0. The molecule has 3 heteroatoms. The first-order chi connectivity index (χ1) is 10.1. The highest BCUT2D eigenvalue weighted by Crippen LogP contribution is 2.30. The lowest BCUT2D eigenvalue weighted by molar-refractivity contribution is 0.101. The van der Waals surface area contributed by atoms with E-state index in [1.165, 1.54) is 0 Å². The molecule has 1 rings (SSSR count). The molecule has 3 nitrogen and oxygen atoms in total. The monoisotopic (exact) mass is 292 g/mol. The number of ether oxygens (including phenoxy) is 2. The normalized spacial score (nSPS) is 10.5. The maximum Gasteiger partial charge on any atom is 0.163 e. The highest BCUT2D eigenvalue weighted by atomic mass is 16.5. The molecule has 0 aliphatic carbocycles. The summed E-state index contributed by atoms with van der Waals surface area (Å²) in [5.74, 6) is 1.54. The summed E-state index contributed by atoms with van der Waals surface area (Å²) in [5, 5.41) is 0. The Bertz CT molecular complexity index is 452. The molecule has 0 N–H and O–H groups in total. The molecule has 0 radical (unpaired) electrons. The van der Waals surface area contributed by atoms with Gasteiger partial charge in [-0.25, -0.2) is 0 Å². The fraction of sp³-hybridized carbons (Fsp3) is 0.611. The van der Waals surface area contributed by atoms with Crippen LogP contribution in [0.1, 0.15) is 69.3 Å². The summed E-state index contributed by atoms with van der Waals surface area (Å²) in [5.41, 5.74) is 1.73.